The van der Waals surface area contributed by atoms with Crippen LogP contribution in [0, 0.1) is 0 Å². The first kappa shape index (κ1) is 17.1. The predicted octanol–water partition coefficient (Wildman–Crippen LogP) is 4.35. The molecule has 1 aliphatic rings. The summed E-state index contributed by atoms with van der Waals surface area (Å²) in [6, 6.07) is 18.2. The molecule has 0 unspecified atom stereocenters. The van der Waals surface area contributed by atoms with E-state index < -0.39 is 0 Å². The number of aromatic nitrogens is 2. The van der Waals surface area contributed by atoms with E-state index in [4.69, 9.17) is 0 Å². The number of carbonyl (C=O) groups is 1. The van der Waals surface area contributed by atoms with Crippen LogP contribution in [0.2, 0.25) is 0 Å². The van der Waals surface area contributed by atoms with Gasteiger partial charge in [-0.15, -0.1) is 10.2 Å². The van der Waals surface area contributed by atoms with Crippen molar-refractivity contribution in [1.82, 2.24) is 10.2 Å². The highest BCUT2D eigenvalue weighted by Crippen LogP contribution is 2.33. The van der Waals surface area contributed by atoms with E-state index in [2.05, 4.69) is 28.5 Å². The normalized spacial score (nSPS) is 15.7. The zero-order chi connectivity index (χ0) is 17.9. The minimum atomic E-state index is 0.111. The molecule has 5 nitrogen and oxygen atoms in total. The molecular formula is C19H18N4OS2. The maximum Gasteiger partial charge on any atom is 0.237 e. The highest BCUT2D eigenvalue weighted by Gasteiger charge is 2.30. The number of fused-ring (bicyclic) bond motifs is 1. The summed E-state index contributed by atoms with van der Waals surface area (Å²) in [6.07, 6.45) is 0.913. The molecule has 2 aromatic carbocycles. The molecule has 3 aromatic rings. The summed E-state index contributed by atoms with van der Waals surface area (Å²) in [5, 5.41) is 12.3. The van der Waals surface area contributed by atoms with Gasteiger partial charge < -0.3 is 10.2 Å². The Kier molecular flexibility index (Phi) is 4.90. The van der Waals surface area contributed by atoms with Crippen LogP contribution in [0.25, 0.3) is 0 Å². The molecule has 132 valence electrons. The molecule has 4 rings (SSSR count). The van der Waals surface area contributed by atoms with E-state index in [9.17, 15) is 4.79 Å². The zero-order valence-electron chi connectivity index (χ0n) is 14.3. The Balaban J connectivity index is 1.38. The first-order valence-corrected chi connectivity index (χ1v) is 10.2. The number of hydrogen-bond donors (Lipinski definition) is 1. The van der Waals surface area contributed by atoms with Crippen LogP contribution >= 0.6 is 23.1 Å². The van der Waals surface area contributed by atoms with Gasteiger partial charge in [0.2, 0.25) is 11.0 Å². The number of nitrogens with zero attached hydrogens (tertiary/aromatic N) is 3. The number of benzene rings is 2. The van der Waals surface area contributed by atoms with Crippen molar-refractivity contribution in [3.63, 3.8) is 0 Å². The fourth-order valence-corrected chi connectivity index (χ4v) is 4.73. The van der Waals surface area contributed by atoms with E-state index in [1.807, 2.05) is 53.4 Å². The van der Waals surface area contributed by atoms with Crippen molar-refractivity contribution in [1.29, 1.82) is 0 Å². The number of nitrogens with one attached hydrogen (secondary N) is 1. The van der Waals surface area contributed by atoms with Crippen molar-refractivity contribution in [2.45, 2.75) is 23.7 Å². The monoisotopic (exact) mass is 382 g/mol. The van der Waals surface area contributed by atoms with Crippen molar-refractivity contribution in [3.8, 4) is 0 Å². The second-order valence-corrected chi connectivity index (χ2v) is 8.30. The summed E-state index contributed by atoms with van der Waals surface area (Å²) in [6.45, 7) is 2.09. The van der Waals surface area contributed by atoms with E-state index in [0.29, 0.717) is 5.75 Å². The first-order valence-electron chi connectivity index (χ1n) is 8.39. The fourth-order valence-electron chi connectivity index (χ4n) is 3.10. The van der Waals surface area contributed by atoms with Gasteiger partial charge in [0.05, 0.1) is 5.75 Å². The van der Waals surface area contributed by atoms with Gasteiger partial charge >= 0.3 is 0 Å². The number of carbonyl (C=O) groups excluding carboxylic acids is 1. The van der Waals surface area contributed by atoms with Crippen molar-refractivity contribution in [3.05, 3.63) is 60.2 Å². The Hall–Kier alpha value is -2.38. The third-order valence-corrected chi connectivity index (χ3v) is 6.18. The summed E-state index contributed by atoms with van der Waals surface area (Å²) in [5.74, 6) is 0.471. The second kappa shape index (κ2) is 7.47. The molecule has 0 saturated carbocycles. The smallest absolute Gasteiger partial charge is 0.237 e. The summed E-state index contributed by atoms with van der Waals surface area (Å²) < 4.78 is 0.789. The lowest BCUT2D eigenvalue weighted by Crippen LogP contribution is -2.36. The Morgan fingerprint density at radius 2 is 1.96 bits per heavy atom. The van der Waals surface area contributed by atoms with E-state index in [0.717, 1.165) is 27.3 Å². The molecule has 0 saturated heterocycles. The number of para-hydroxylation sites is 2. The second-order valence-electron chi connectivity index (χ2n) is 6.10. The molecule has 1 aromatic heterocycles. The van der Waals surface area contributed by atoms with Crippen molar-refractivity contribution in [2.24, 2.45) is 0 Å². The Morgan fingerprint density at radius 3 is 2.81 bits per heavy atom. The van der Waals surface area contributed by atoms with Crippen LogP contribution in [0.5, 0.6) is 0 Å². The molecule has 0 bridgehead atoms. The van der Waals surface area contributed by atoms with Gasteiger partial charge in [0.25, 0.3) is 0 Å². The SMILES string of the molecule is C[C@H]1Cc2ccccc2N1C(=O)CSc1nnc(Nc2ccccc2)s1. The van der Waals surface area contributed by atoms with Crippen molar-refractivity contribution >= 4 is 45.5 Å². The van der Waals surface area contributed by atoms with Crippen LogP contribution in [0.1, 0.15) is 12.5 Å². The van der Waals surface area contributed by atoms with E-state index in [1.165, 1.54) is 28.7 Å². The maximum absolute atomic E-state index is 12.7. The van der Waals surface area contributed by atoms with Crippen LogP contribution in [0.15, 0.2) is 58.9 Å². The van der Waals surface area contributed by atoms with Gasteiger partial charge in [0.15, 0.2) is 4.34 Å². The van der Waals surface area contributed by atoms with Crippen LogP contribution in [-0.4, -0.2) is 27.9 Å². The predicted molar refractivity (Wildman–Crippen MR) is 107 cm³/mol. The summed E-state index contributed by atoms with van der Waals surface area (Å²) >= 11 is 2.89. The van der Waals surface area contributed by atoms with Gasteiger partial charge in [-0.2, -0.15) is 0 Å². The third-order valence-electron chi connectivity index (χ3n) is 4.23. The van der Waals surface area contributed by atoms with E-state index in [1.54, 1.807) is 0 Å². The number of thioether (sulfide) groups is 1. The Labute approximate surface area is 160 Å². The summed E-state index contributed by atoms with van der Waals surface area (Å²) in [5.41, 5.74) is 3.25. The highest BCUT2D eigenvalue weighted by atomic mass is 32.2. The molecule has 1 aliphatic heterocycles. The third kappa shape index (κ3) is 3.59. The van der Waals surface area contributed by atoms with Gasteiger partial charge in [-0.3, -0.25) is 4.79 Å². The molecule has 0 radical (unpaired) electrons. The van der Waals surface area contributed by atoms with E-state index >= 15 is 0 Å². The van der Waals surface area contributed by atoms with E-state index in [-0.39, 0.29) is 11.9 Å². The van der Waals surface area contributed by atoms with Crippen LogP contribution in [0.4, 0.5) is 16.5 Å². The zero-order valence-corrected chi connectivity index (χ0v) is 15.9. The van der Waals surface area contributed by atoms with Gasteiger partial charge in [0, 0.05) is 17.4 Å². The largest absolute Gasteiger partial charge is 0.330 e. The number of amides is 1. The Bertz CT molecular complexity index is 913. The van der Waals surface area contributed by atoms with Crippen molar-refractivity contribution in [2.75, 3.05) is 16.0 Å². The standard InChI is InChI=1S/C19H18N4OS2/c1-13-11-14-7-5-6-10-16(14)23(13)17(24)12-25-19-22-21-18(26-19)20-15-8-3-2-4-9-15/h2-10,13H,11-12H2,1H3,(H,20,21)/t13-/m0/s1. The maximum atomic E-state index is 12.7. The molecule has 1 amide bonds. The fraction of sp³-hybridized carbons (Fsp3) is 0.211. The molecule has 1 atom stereocenters. The number of hydrogen-bond acceptors (Lipinski definition) is 6. The average Bonchev–Trinajstić information content (AvgIpc) is 3.23. The molecule has 0 aliphatic carbocycles. The Morgan fingerprint density at radius 1 is 1.19 bits per heavy atom. The lowest BCUT2D eigenvalue weighted by atomic mass is 10.1. The molecule has 0 fully saturated rings. The average molecular weight is 383 g/mol. The molecular weight excluding hydrogens is 364 g/mol. The van der Waals surface area contributed by atoms with Gasteiger partial charge in [-0.05, 0) is 37.1 Å². The quantitative estimate of drug-likeness (QED) is 0.665. The van der Waals surface area contributed by atoms with Crippen LogP contribution in [-0.2, 0) is 11.2 Å². The topological polar surface area (TPSA) is 58.1 Å². The number of anilines is 3. The minimum Gasteiger partial charge on any atom is -0.330 e. The number of rotatable bonds is 5. The first-order chi connectivity index (χ1) is 12.7. The molecule has 26 heavy (non-hydrogen) atoms. The highest BCUT2D eigenvalue weighted by molar-refractivity contribution is 8.01. The van der Waals surface area contributed by atoms with Gasteiger partial charge in [-0.1, -0.05) is 59.5 Å². The molecule has 1 N–H and O–H groups in total. The van der Waals surface area contributed by atoms with Crippen molar-refractivity contribution < 1.29 is 4.79 Å². The molecule has 2 heterocycles. The molecule has 0 spiro atoms. The summed E-state index contributed by atoms with van der Waals surface area (Å²) in [4.78, 5) is 14.6. The van der Waals surface area contributed by atoms with Crippen LogP contribution < -0.4 is 10.2 Å². The summed E-state index contributed by atoms with van der Waals surface area (Å²) in [7, 11) is 0. The lowest BCUT2D eigenvalue weighted by Gasteiger charge is -2.22. The molecule has 7 heteroatoms. The van der Waals surface area contributed by atoms with Gasteiger partial charge in [0.1, 0.15) is 0 Å². The minimum absolute atomic E-state index is 0.111. The lowest BCUT2D eigenvalue weighted by molar-refractivity contribution is -0.116. The van der Waals surface area contributed by atoms with Gasteiger partial charge in [-0.25, -0.2) is 0 Å². The van der Waals surface area contributed by atoms with Crippen LogP contribution in [0.3, 0.4) is 0 Å².